The molecule has 152 valence electrons. The van der Waals surface area contributed by atoms with E-state index in [0.717, 1.165) is 11.5 Å². The minimum atomic E-state index is -0.0574. The largest absolute Gasteiger partial charge is 0.484 e. The number of amides is 1. The molecule has 1 amide bonds. The zero-order chi connectivity index (χ0) is 20.3. The minimum absolute atomic E-state index is 0.0195. The van der Waals surface area contributed by atoms with Gasteiger partial charge in [0.2, 0.25) is 0 Å². The third kappa shape index (κ3) is 3.47. The van der Waals surface area contributed by atoms with Crippen LogP contribution >= 0.6 is 0 Å². The van der Waals surface area contributed by atoms with Crippen molar-refractivity contribution in [3.05, 3.63) is 43.0 Å². The molecule has 1 aliphatic rings. The van der Waals surface area contributed by atoms with Crippen molar-refractivity contribution in [3.8, 4) is 11.4 Å². The smallest absolute Gasteiger partial charge is 0.260 e. The van der Waals surface area contributed by atoms with Gasteiger partial charge in [-0.15, -0.1) is 10.2 Å². The number of fused-ring (bicyclic) bond motifs is 1. The predicted octanol–water partition coefficient (Wildman–Crippen LogP) is -0.777. The Morgan fingerprint density at radius 2 is 1.83 bits per heavy atom. The molecular formula is C17H17N11O2. The van der Waals surface area contributed by atoms with Gasteiger partial charge in [0.1, 0.15) is 12.1 Å². The zero-order valence-electron chi connectivity index (χ0n) is 15.8. The van der Waals surface area contributed by atoms with E-state index in [-0.39, 0.29) is 12.5 Å². The molecule has 0 aliphatic carbocycles. The average molecular weight is 407 g/mol. The highest BCUT2D eigenvalue weighted by Crippen LogP contribution is 2.17. The van der Waals surface area contributed by atoms with E-state index in [9.17, 15) is 4.79 Å². The molecule has 4 aromatic rings. The van der Waals surface area contributed by atoms with Crippen molar-refractivity contribution < 1.29 is 9.53 Å². The molecule has 1 saturated heterocycles. The summed E-state index contributed by atoms with van der Waals surface area (Å²) in [4.78, 5) is 20.6. The standard InChI is InChI=1S/C17H17N11O2/c29-17(11-30-14-3-1-13(2-4-14)27-12-19-21-23-27)26-7-5-25(6-8-26)16-10-18-9-15-20-22-24-28(15)16/h1-4,9-10,12H,5-8,11H2. The van der Waals surface area contributed by atoms with E-state index in [1.807, 2.05) is 12.1 Å². The van der Waals surface area contributed by atoms with Crippen molar-refractivity contribution >= 4 is 17.4 Å². The van der Waals surface area contributed by atoms with E-state index in [0.29, 0.717) is 37.6 Å². The number of tetrazole rings is 2. The molecular weight excluding hydrogens is 390 g/mol. The summed E-state index contributed by atoms with van der Waals surface area (Å²) in [5, 5.41) is 22.6. The van der Waals surface area contributed by atoms with Crippen LogP contribution < -0.4 is 9.64 Å². The predicted molar refractivity (Wildman–Crippen MR) is 102 cm³/mol. The molecule has 13 nitrogen and oxygen atoms in total. The lowest BCUT2D eigenvalue weighted by atomic mass is 10.3. The van der Waals surface area contributed by atoms with Gasteiger partial charge in [-0.05, 0) is 45.1 Å². The lowest BCUT2D eigenvalue weighted by Crippen LogP contribution is -2.50. The summed E-state index contributed by atoms with van der Waals surface area (Å²) in [7, 11) is 0. The molecule has 1 fully saturated rings. The number of hydrogen-bond donors (Lipinski definition) is 0. The van der Waals surface area contributed by atoms with Crippen molar-refractivity contribution in [1.82, 2.24) is 50.1 Å². The first-order valence-corrected chi connectivity index (χ1v) is 9.29. The van der Waals surface area contributed by atoms with Crippen LogP contribution in [0.3, 0.4) is 0 Å². The second kappa shape index (κ2) is 7.69. The fourth-order valence-electron chi connectivity index (χ4n) is 3.27. The molecule has 3 aromatic heterocycles. The van der Waals surface area contributed by atoms with E-state index in [4.69, 9.17) is 4.74 Å². The van der Waals surface area contributed by atoms with Gasteiger partial charge < -0.3 is 14.5 Å². The van der Waals surface area contributed by atoms with Crippen LogP contribution in [-0.2, 0) is 4.79 Å². The highest BCUT2D eigenvalue weighted by Gasteiger charge is 2.23. The Morgan fingerprint density at radius 3 is 2.60 bits per heavy atom. The van der Waals surface area contributed by atoms with Gasteiger partial charge in [-0.1, -0.05) is 0 Å². The monoisotopic (exact) mass is 407 g/mol. The first-order chi connectivity index (χ1) is 14.8. The van der Waals surface area contributed by atoms with Gasteiger partial charge in [-0.2, -0.15) is 4.52 Å². The molecule has 0 radical (unpaired) electrons. The summed E-state index contributed by atoms with van der Waals surface area (Å²) in [6, 6.07) is 7.20. The Hall–Kier alpha value is -4.16. The van der Waals surface area contributed by atoms with Crippen LogP contribution in [0.25, 0.3) is 11.3 Å². The van der Waals surface area contributed by atoms with Crippen molar-refractivity contribution in [1.29, 1.82) is 0 Å². The number of rotatable bonds is 5. The third-order valence-electron chi connectivity index (χ3n) is 4.86. The fraction of sp³-hybridized carbons (Fsp3) is 0.294. The molecule has 0 spiro atoms. The van der Waals surface area contributed by atoms with Crippen LogP contribution in [0, 0.1) is 0 Å². The van der Waals surface area contributed by atoms with Crippen molar-refractivity contribution in [2.45, 2.75) is 0 Å². The van der Waals surface area contributed by atoms with Gasteiger partial charge >= 0.3 is 0 Å². The maximum absolute atomic E-state index is 12.5. The Labute approximate surface area is 169 Å². The number of piperazine rings is 1. The molecule has 1 aliphatic heterocycles. The maximum Gasteiger partial charge on any atom is 0.260 e. The number of hydrogen-bond acceptors (Lipinski definition) is 10. The molecule has 13 heteroatoms. The highest BCUT2D eigenvalue weighted by atomic mass is 16.5. The molecule has 0 atom stereocenters. The van der Waals surface area contributed by atoms with Gasteiger partial charge in [-0.25, -0.2) is 4.68 Å². The maximum atomic E-state index is 12.5. The lowest BCUT2D eigenvalue weighted by molar-refractivity contribution is -0.133. The average Bonchev–Trinajstić information content (AvgIpc) is 3.50. The second-order valence-corrected chi connectivity index (χ2v) is 6.62. The van der Waals surface area contributed by atoms with Gasteiger partial charge in [0, 0.05) is 26.2 Å². The summed E-state index contributed by atoms with van der Waals surface area (Å²) in [6.07, 6.45) is 4.84. The van der Waals surface area contributed by atoms with Gasteiger partial charge in [0.15, 0.2) is 18.1 Å². The zero-order valence-corrected chi connectivity index (χ0v) is 15.8. The SMILES string of the molecule is O=C(COc1ccc(-n2cnnn2)cc1)N1CCN(c2cncc3nnnn23)CC1. The Kier molecular flexibility index (Phi) is 4.59. The Balaban J connectivity index is 1.15. The summed E-state index contributed by atoms with van der Waals surface area (Å²) in [6.45, 7) is 2.46. The molecule has 0 saturated carbocycles. The minimum Gasteiger partial charge on any atom is -0.484 e. The summed E-state index contributed by atoms with van der Waals surface area (Å²) in [5.41, 5.74) is 1.40. The number of anilines is 1. The fourth-order valence-corrected chi connectivity index (χ4v) is 3.27. The first kappa shape index (κ1) is 17.9. The summed E-state index contributed by atoms with van der Waals surface area (Å²) in [5.74, 6) is 1.36. The quantitative estimate of drug-likeness (QED) is 0.415. The third-order valence-corrected chi connectivity index (χ3v) is 4.86. The number of carbonyl (C=O) groups is 1. The van der Waals surface area contributed by atoms with Gasteiger partial charge in [0.05, 0.1) is 18.1 Å². The van der Waals surface area contributed by atoms with E-state index in [1.54, 1.807) is 38.6 Å². The van der Waals surface area contributed by atoms with Gasteiger partial charge in [0.25, 0.3) is 5.91 Å². The number of nitrogens with zero attached hydrogens (tertiary/aromatic N) is 11. The van der Waals surface area contributed by atoms with Crippen LogP contribution in [0.4, 0.5) is 5.82 Å². The van der Waals surface area contributed by atoms with Crippen LogP contribution in [0.2, 0.25) is 0 Å². The van der Waals surface area contributed by atoms with Crippen LogP contribution in [0.1, 0.15) is 0 Å². The molecule has 1 aromatic carbocycles. The molecule has 30 heavy (non-hydrogen) atoms. The number of carbonyl (C=O) groups excluding carboxylic acids is 1. The lowest BCUT2D eigenvalue weighted by Gasteiger charge is -2.35. The van der Waals surface area contributed by atoms with E-state index < -0.39 is 0 Å². The van der Waals surface area contributed by atoms with E-state index in [2.05, 4.69) is 40.9 Å². The topological polar surface area (TPSA) is 132 Å². The highest BCUT2D eigenvalue weighted by molar-refractivity contribution is 5.78. The van der Waals surface area contributed by atoms with E-state index >= 15 is 0 Å². The molecule has 0 N–H and O–H groups in total. The van der Waals surface area contributed by atoms with Crippen LogP contribution in [0.15, 0.2) is 43.0 Å². The Morgan fingerprint density at radius 1 is 1.00 bits per heavy atom. The van der Waals surface area contributed by atoms with E-state index in [1.165, 1.54) is 6.33 Å². The number of ether oxygens (including phenoxy) is 1. The number of aromatic nitrogens is 9. The molecule has 4 heterocycles. The summed E-state index contributed by atoms with van der Waals surface area (Å²) < 4.78 is 8.83. The van der Waals surface area contributed by atoms with Crippen LogP contribution in [-0.4, -0.2) is 88.8 Å². The van der Waals surface area contributed by atoms with Gasteiger partial charge in [-0.3, -0.25) is 9.78 Å². The van der Waals surface area contributed by atoms with Crippen molar-refractivity contribution in [3.63, 3.8) is 0 Å². The first-order valence-electron chi connectivity index (χ1n) is 9.29. The summed E-state index contributed by atoms with van der Waals surface area (Å²) >= 11 is 0. The normalized spacial score (nSPS) is 14.3. The van der Waals surface area contributed by atoms with Crippen molar-refractivity contribution in [2.24, 2.45) is 0 Å². The molecule has 0 bridgehead atoms. The number of benzene rings is 1. The Bertz CT molecular complexity index is 1130. The van der Waals surface area contributed by atoms with Crippen LogP contribution in [0.5, 0.6) is 5.75 Å². The second-order valence-electron chi connectivity index (χ2n) is 6.62. The molecule has 5 rings (SSSR count). The molecule has 0 unspecified atom stereocenters. The van der Waals surface area contributed by atoms with Crippen molar-refractivity contribution in [2.75, 3.05) is 37.7 Å².